The molecule has 1 aromatic carbocycles. The Labute approximate surface area is 103 Å². The van der Waals surface area contributed by atoms with E-state index in [1.165, 1.54) is 23.5 Å². The highest BCUT2D eigenvalue weighted by atomic mass is 79.9. The highest BCUT2D eigenvalue weighted by Gasteiger charge is 2.14. The van der Waals surface area contributed by atoms with Crippen LogP contribution in [0.5, 0.6) is 0 Å². The third kappa shape index (κ3) is 2.14. The van der Waals surface area contributed by atoms with Gasteiger partial charge in [-0.2, -0.15) is 0 Å². The van der Waals surface area contributed by atoms with E-state index in [9.17, 15) is 8.78 Å². The van der Waals surface area contributed by atoms with Crippen LogP contribution in [0.3, 0.4) is 0 Å². The predicted octanol–water partition coefficient (Wildman–Crippen LogP) is 3.31. The number of rotatable bonds is 2. The summed E-state index contributed by atoms with van der Waals surface area (Å²) in [6.07, 6.45) is 0. The van der Waals surface area contributed by atoms with E-state index in [2.05, 4.69) is 20.9 Å². The Hall–Kier alpha value is -0.850. The van der Waals surface area contributed by atoms with Crippen LogP contribution < -0.4 is 5.73 Å². The Bertz CT molecular complexity index is 528. The molecule has 0 unspecified atom stereocenters. The first-order chi connectivity index (χ1) is 7.61. The molecule has 1 aromatic heterocycles. The fourth-order valence-electron chi connectivity index (χ4n) is 1.27. The average Bonchev–Trinajstić information content (AvgIpc) is 2.60. The molecule has 84 valence electrons. The normalized spacial score (nSPS) is 10.8. The topological polar surface area (TPSA) is 38.9 Å². The summed E-state index contributed by atoms with van der Waals surface area (Å²) in [6.45, 7) is 0.298. The zero-order valence-corrected chi connectivity index (χ0v) is 10.4. The molecule has 16 heavy (non-hydrogen) atoms. The van der Waals surface area contributed by atoms with Crippen molar-refractivity contribution in [3.8, 4) is 10.4 Å². The van der Waals surface area contributed by atoms with E-state index in [-0.39, 0.29) is 0 Å². The lowest BCUT2D eigenvalue weighted by atomic mass is 10.2. The van der Waals surface area contributed by atoms with E-state index < -0.39 is 11.6 Å². The maximum Gasteiger partial charge on any atom is 0.134 e. The maximum absolute atomic E-state index is 13.5. The number of nitrogens with zero attached hydrogens (tertiary/aromatic N) is 1. The molecule has 1 heterocycles. The minimum absolute atomic E-state index is 0.298. The highest BCUT2D eigenvalue weighted by Crippen LogP contribution is 2.35. The molecule has 0 bridgehead atoms. The molecule has 2 rings (SSSR count). The van der Waals surface area contributed by atoms with Gasteiger partial charge in [0.2, 0.25) is 0 Å². The molecule has 0 radical (unpaired) electrons. The van der Waals surface area contributed by atoms with Gasteiger partial charge in [0.1, 0.15) is 21.2 Å². The lowest BCUT2D eigenvalue weighted by Gasteiger charge is -1.99. The van der Waals surface area contributed by atoms with Crippen molar-refractivity contribution < 1.29 is 8.78 Å². The molecule has 0 aliphatic rings. The molecule has 0 atom stereocenters. The number of aromatic nitrogens is 1. The molecule has 2 nitrogen and oxygen atoms in total. The predicted molar refractivity (Wildman–Crippen MR) is 63.1 cm³/mol. The number of hydrogen-bond acceptors (Lipinski definition) is 3. The highest BCUT2D eigenvalue weighted by molar-refractivity contribution is 9.10. The number of benzene rings is 1. The van der Waals surface area contributed by atoms with Crippen molar-refractivity contribution in [3.05, 3.63) is 39.4 Å². The van der Waals surface area contributed by atoms with Crippen LogP contribution in [0.4, 0.5) is 8.78 Å². The number of nitrogens with two attached hydrogens (primary N) is 1. The van der Waals surface area contributed by atoms with Gasteiger partial charge >= 0.3 is 0 Å². The van der Waals surface area contributed by atoms with Crippen LogP contribution in [0.15, 0.2) is 22.8 Å². The van der Waals surface area contributed by atoms with E-state index in [4.69, 9.17) is 5.73 Å². The summed E-state index contributed by atoms with van der Waals surface area (Å²) in [5.74, 6) is -1.20. The SMILES string of the molecule is NCc1nc(Br)c(-c2ccc(F)cc2F)s1. The third-order valence-electron chi connectivity index (χ3n) is 1.98. The smallest absolute Gasteiger partial charge is 0.134 e. The Morgan fingerprint density at radius 2 is 2.12 bits per heavy atom. The van der Waals surface area contributed by atoms with Crippen LogP contribution in [0.25, 0.3) is 10.4 Å². The molecular formula is C10H7BrF2N2S. The lowest BCUT2D eigenvalue weighted by Crippen LogP contribution is -1.93. The molecular weight excluding hydrogens is 298 g/mol. The van der Waals surface area contributed by atoms with Gasteiger partial charge in [0.15, 0.2) is 0 Å². The number of hydrogen-bond donors (Lipinski definition) is 1. The van der Waals surface area contributed by atoms with Crippen molar-refractivity contribution in [1.82, 2.24) is 4.98 Å². The van der Waals surface area contributed by atoms with Crippen molar-refractivity contribution in [2.75, 3.05) is 0 Å². The van der Waals surface area contributed by atoms with Gasteiger partial charge in [-0.1, -0.05) is 0 Å². The zero-order chi connectivity index (χ0) is 11.7. The second-order valence-electron chi connectivity index (χ2n) is 3.06. The summed E-state index contributed by atoms with van der Waals surface area (Å²) < 4.78 is 26.8. The van der Waals surface area contributed by atoms with Gasteiger partial charge in [-0.05, 0) is 28.1 Å². The van der Waals surface area contributed by atoms with Gasteiger partial charge in [-0.3, -0.25) is 0 Å². The molecule has 0 fully saturated rings. The van der Waals surface area contributed by atoms with E-state index in [1.807, 2.05) is 0 Å². The standard InChI is InChI=1S/C10H7BrF2N2S/c11-10-9(16-8(4-14)15-10)6-2-1-5(12)3-7(6)13/h1-3H,4,14H2. The van der Waals surface area contributed by atoms with Gasteiger partial charge in [-0.15, -0.1) is 11.3 Å². The fraction of sp³-hybridized carbons (Fsp3) is 0.100. The Morgan fingerprint density at radius 3 is 2.69 bits per heavy atom. The fourth-order valence-corrected chi connectivity index (χ4v) is 2.92. The van der Waals surface area contributed by atoms with Crippen LogP contribution in [0.2, 0.25) is 0 Å². The monoisotopic (exact) mass is 304 g/mol. The van der Waals surface area contributed by atoms with Gasteiger partial charge in [0, 0.05) is 18.2 Å². The first-order valence-corrected chi connectivity index (χ1v) is 6.03. The van der Waals surface area contributed by atoms with Gasteiger partial charge in [0.25, 0.3) is 0 Å². The molecule has 0 aliphatic heterocycles. The van der Waals surface area contributed by atoms with Crippen molar-refractivity contribution in [1.29, 1.82) is 0 Å². The van der Waals surface area contributed by atoms with Crippen LogP contribution in [0.1, 0.15) is 5.01 Å². The largest absolute Gasteiger partial charge is 0.325 e. The summed E-state index contributed by atoms with van der Waals surface area (Å²) >= 11 is 4.52. The van der Waals surface area contributed by atoms with Crippen LogP contribution in [-0.2, 0) is 6.54 Å². The van der Waals surface area contributed by atoms with Crippen molar-refractivity contribution in [3.63, 3.8) is 0 Å². The summed E-state index contributed by atoms with van der Waals surface area (Å²) in [7, 11) is 0. The van der Waals surface area contributed by atoms with Crippen LogP contribution >= 0.6 is 27.3 Å². The summed E-state index contributed by atoms with van der Waals surface area (Å²) in [5.41, 5.74) is 5.77. The Balaban J connectivity index is 2.53. The van der Waals surface area contributed by atoms with Gasteiger partial charge in [-0.25, -0.2) is 13.8 Å². The van der Waals surface area contributed by atoms with E-state index in [1.54, 1.807) is 0 Å². The molecule has 0 aliphatic carbocycles. The summed E-state index contributed by atoms with van der Waals surface area (Å²) in [6, 6.07) is 3.46. The van der Waals surface area contributed by atoms with Crippen molar-refractivity contribution >= 4 is 27.3 Å². The molecule has 0 saturated heterocycles. The van der Waals surface area contributed by atoms with Crippen molar-refractivity contribution in [2.45, 2.75) is 6.54 Å². The van der Waals surface area contributed by atoms with E-state index in [0.717, 1.165) is 6.07 Å². The van der Waals surface area contributed by atoms with Crippen LogP contribution in [0, 0.1) is 11.6 Å². The summed E-state index contributed by atoms with van der Waals surface area (Å²) in [5, 5.41) is 0.700. The minimum Gasteiger partial charge on any atom is -0.325 e. The second kappa shape index (κ2) is 4.57. The van der Waals surface area contributed by atoms with Gasteiger partial charge in [0.05, 0.1) is 4.88 Å². The first-order valence-electron chi connectivity index (χ1n) is 4.42. The number of halogens is 3. The third-order valence-corrected chi connectivity index (χ3v) is 3.93. The van der Waals surface area contributed by atoms with E-state index >= 15 is 0 Å². The first kappa shape index (κ1) is 11.6. The van der Waals surface area contributed by atoms with Crippen molar-refractivity contribution in [2.24, 2.45) is 5.73 Å². The molecule has 6 heteroatoms. The van der Waals surface area contributed by atoms with E-state index in [0.29, 0.717) is 26.6 Å². The second-order valence-corrected chi connectivity index (χ2v) is 4.89. The minimum atomic E-state index is -0.604. The molecule has 2 aromatic rings. The van der Waals surface area contributed by atoms with Crippen LogP contribution in [-0.4, -0.2) is 4.98 Å². The number of thiazole rings is 1. The summed E-state index contributed by atoms with van der Waals surface area (Å²) in [4.78, 5) is 4.74. The maximum atomic E-state index is 13.5. The lowest BCUT2D eigenvalue weighted by molar-refractivity contribution is 0.586. The average molecular weight is 305 g/mol. The molecule has 0 spiro atoms. The quantitative estimate of drug-likeness (QED) is 0.924. The molecule has 0 saturated carbocycles. The zero-order valence-electron chi connectivity index (χ0n) is 8.01. The molecule has 2 N–H and O–H groups in total. The van der Waals surface area contributed by atoms with Gasteiger partial charge < -0.3 is 5.73 Å². The Kier molecular flexibility index (Phi) is 3.32. The molecule has 0 amide bonds. The Morgan fingerprint density at radius 1 is 1.38 bits per heavy atom.